The molecule has 8 heteroatoms. The number of carbonyl (C=O) groups excluding carboxylic acids is 3. The van der Waals surface area contributed by atoms with Gasteiger partial charge < -0.3 is 15.0 Å². The van der Waals surface area contributed by atoms with Crippen molar-refractivity contribution in [1.82, 2.24) is 15.5 Å². The zero-order chi connectivity index (χ0) is 18.4. The molecule has 1 heterocycles. The number of thiocarbonyl (C=S) groups is 1. The van der Waals surface area contributed by atoms with Gasteiger partial charge in [0.2, 0.25) is 5.91 Å². The largest absolute Gasteiger partial charge is 0.463 e. The molecule has 25 heavy (non-hydrogen) atoms. The minimum Gasteiger partial charge on any atom is -0.463 e. The number of benzene rings is 1. The van der Waals surface area contributed by atoms with Crippen LogP contribution in [0.1, 0.15) is 30.6 Å². The fourth-order valence-electron chi connectivity index (χ4n) is 2.46. The average molecular weight is 363 g/mol. The zero-order valence-electron chi connectivity index (χ0n) is 14.2. The molecule has 1 aromatic rings. The summed E-state index contributed by atoms with van der Waals surface area (Å²) in [4.78, 5) is 37.9. The highest BCUT2D eigenvalue weighted by Crippen LogP contribution is 2.12. The number of amides is 2. The Morgan fingerprint density at radius 3 is 2.68 bits per heavy atom. The van der Waals surface area contributed by atoms with Crippen molar-refractivity contribution in [3.8, 4) is 0 Å². The molecule has 0 aromatic heterocycles. The first kappa shape index (κ1) is 18.9. The lowest BCUT2D eigenvalue weighted by Crippen LogP contribution is -2.60. The van der Waals surface area contributed by atoms with Crippen LogP contribution < -0.4 is 10.6 Å². The molecule has 0 saturated carbocycles. The molecule has 0 radical (unpaired) electrons. The van der Waals surface area contributed by atoms with E-state index in [0.29, 0.717) is 18.7 Å². The van der Waals surface area contributed by atoms with E-state index in [4.69, 9.17) is 17.0 Å². The quantitative estimate of drug-likeness (QED) is 0.609. The summed E-state index contributed by atoms with van der Waals surface area (Å²) in [6.07, 6.45) is -0.400. The van der Waals surface area contributed by atoms with Gasteiger partial charge in [-0.3, -0.25) is 19.7 Å². The van der Waals surface area contributed by atoms with Crippen LogP contribution in [0.25, 0.3) is 0 Å². The molecule has 134 valence electrons. The summed E-state index contributed by atoms with van der Waals surface area (Å²) in [6.45, 7) is 4.26. The molecule has 2 rings (SSSR count). The molecule has 2 N–H and O–H groups in total. The number of piperazine rings is 1. The first-order valence-corrected chi connectivity index (χ1v) is 8.43. The maximum absolute atomic E-state index is 12.2. The summed E-state index contributed by atoms with van der Waals surface area (Å²) in [6, 6.07) is 7.83. The number of esters is 1. The predicted octanol–water partition coefficient (Wildman–Crippen LogP) is 0.843. The van der Waals surface area contributed by atoms with Crippen LogP contribution in [0.2, 0.25) is 0 Å². The number of rotatable bonds is 4. The minimum absolute atomic E-state index is 0.117. The lowest BCUT2D eigenvalue weighted by Gasteiger charge is -2.36. The molecule has 1 fully saturated rings. The Balaban J connectivity index is 2.05. The second kappa shape index (κ2) is 8.57. The van der Waals surface area contributed by atoms with Crippen LogP contribution in [0, 0.1) is 0 Å². The van der Waals surface area contributed by atoms with E-state index in [0.717, 1.165) is 0 Å². The first-order chi connectivity index (χ1) is 11.9. The predicted molar refractivity (Wildman–Crippen MR) is 95.9 cm³/mol. The lowest BCUT2D eigenvalue weighted by molar-refractivity contribution is -0.150. The SMILES string of the molecule is CC(C)OC(=O)C[C@@H]1C(=O)NCCN1C(=S)NC(=O)c1ccccc1. The molecule has 0 unspecified atom stereocenters. The fourth-order valence-corrected chi connectivity index (χ4v) is 2.77. The van der Waals surface area contributed by atoms with Crippen molar-refractivity contribution < 1.29 is 19.1 Å². The standard InChI is InChI=1S/C17H21N3O4S/c1-11(2)24-14(21)10-13-16(23)18-8-9-20(13)17(25)19-15(22)12-6-4-3-5-7-12/h3-7,11,13H,8-10H2,1-2H3,(H,18,23)(H,19,22,25)/t13-/m1/s1. The van der Waals surface area contributed by atoms with Gasteiger partial charge in [-0.2, -0.15) is 0 Å². The molecule has 0 aliphatic carbocycles. The van der Waals surface area contributed by atoms with Crippen LogP contribution in [0.4, 0.5) is 0 Å². The summed E-state index contributed by atoms with van der Waals surface area (Å²) in [5.41, 5.74) is 0.460. The van der Waals surface area contributed by atoms with E-state index in [2.05, 4.69) is 10.6 Å². The van der Waals surface area contributed by atoms with E-state index >= 15 is 0 Å². The van der Waals surface area contributed by atoms with Gasteiger partial charge in [0.25, 0.3) is 5.91 Å². The monoisotopic (exact) mass is 363 g/mol. The summed E-state index contributed by atoms with van der Waals surface area (Å²) < 4.78 is 5.10. The van der Waals surface area contributed by atoms with Crippen LogP contribution in [0.5, 0.6) is 0 Å². The summed E-state index contributed by atoms with van der Waals surface area (Å²) in [7, 11) is 0. The number of nitrogens with one attached hydrogen (secondary N) is 2. The van der Waals surface area contributed by atoms with Gasteiger partial charge in [-0.25, -0.2) is 0 Å². The van der Waals surface area contributed by atoms with Crippen molar-refractivity contribution in [2.24, 2.45) is 0 Å². The highest BCUT2D eigenvalue weighted by molar-refractivity contribution is 7.80. The van der Waals surface area contributed by atoms with Gasteiger partial charge in [-0.1, -0.05) is 18.2 Å². The smallest absolute Gasteiger partial charge is 0.308 e. The Bertz CT molecular complexity index is 663. The van der Waals surface area contributed by atoms with E-state index in [1.165, 1.54) is 0 Å². The van der Waals surface area contributed by atoms with E-state index in [1.54, 1.807) is 49.1 Å². The Morgan fingerprint density at radius 2 is 2.04 bits per heavy atom. The van der Waals surface area contributed by atoms with Crippen molar-refractivity contribution in [3.05, 3.63) is 35.9 Å². The lowest BCUT2D eigenvalue weighted by atomic mass is 10.1. The van der Waals surface area contributed by atoms with Gasteiger partial charge in [-0.15, -0.1) is 0 Å². The molecule has 0 spiro atoms. The normalized spacial score (nSPS) is 17.0. The summed E-state index contributed by atoms with van der Waals surface area (Å²) in [5.74, 6) is -1.16. The molecule has 1 aliphatic heterocycles. The highest BCUT2D eigenvalue weighted by atomic mass is 32.1. The van der Waals surface area contributed by atoms with Gasteiger partial charge in [0.1, 0.15) is 6.04 Å². The van der Waals surface area contributed by atoms with Crippen molar-refractivity contribution in [3.63, 3.8) is 0 Å². The van der Waals surface area contributed by atoms with Crippen LogP contribution in [-0.4, -0.2) is 53.0 Å². The van der Waals surface area contributed by atoms with Gasteiger partial charge in [0.15, 0.2) is 5.11 Å². The summed E-state index contributed by atoms with van der Waals surface area (Å²) in [5, 5.41) is 5.43. The molecule has 1 aliphatic rings. The molecule has 1 aromatic carbocycles. The second-order valence-electron chi connectivity index (χ2n) is 5.87. The van der Waals surface area contributed by atoms with E-state index in [9.17, 15) is 14.4 Å². The van der Waals surface area contributed by atoms with Gasteiger partial charge >= 0.3 is 5.97 Å². The maximum Gasteiger partial charge on any atom is 0.308 e. The topological polar surface area (TPSA) is 87.7 Å². The van der Waals surface area contributed by atoms with Crippen LogP contribution in [-0.2, 0) is 14.3 Å². The van der Waals surface area contributed by atoms with Crippen molar-refractivity contribution in [2.45, 2.75) is 32.4 Å². The zero-order valence-corrected chi connectivity index (χ0v) is 15.0. The molecule has 1 atom stereocenters. The number of carbonyl (C=O) groups is 3. The minimum atomic E-state index is -0.802. The summed E-state index contributed by atoms with van der Waals surface area (Å²) >= 11 is 5.28. The molecule has 2 amide bonds. The Hall–Kier alpha value is -2.48. The fraction of sp³-hybridized carbons (Fsp3) is 0.412. The van der Waals surface area contributed by atoms with Crippen LogP contribution in [0.3, 0.4) is 0 Å². The van der Waals surface area contributed by atoms with Crippen LogP contribution in [0.15, 0.2) is 30.3 Å². The molecule has 0 bridgehead atoms. The third kappa shape index (κ3) is 5.25. The number of nitrogens with zero attached hydrogens (tertiary/aromatic N) is 1. The molecule has 7 nitrogen and oxygen atoms in total. The average Bonchev–Trinajstić information content (AvgIpc) is 2.56. The number of hydrogen-bond donors (Lipinski definition) is 2. The Kier molecular flexibility index (Phi) is 6.46. The maximum atomic E-state index is 12.2. The number of ether oxygens (including phenoxy) is 1. The van der Waals surface area contributed by atoms with Crippen molar-refractivity contribution >= 4 is 35.1 Å². The van der Waals surface area contributed by atoms with E-state index in [-0.39, 0.29) is 29.5 Å². The van der Waals surface area contributed by atoms with Crippen LogP contribution >= 0.6 is 12.2 Å². The highest BCUT2D eigenvalue weighted by Gasteiger charge is 2.34. The van der Waals surface area contributed by atoms with E-state index in [1.807, 2.05) is 0 Å². The van der Waals surface area contributed by atoms with Gasteiger partial charge in [0, 0.05) is 18.7 Å². The van der Waals surface area contributed by atoms with Gasteiger partial charge in [-0.05, 0) is 38.2 Å². The molecule has 1 saturated heterocycles. The number of hydrogen-bond acceptors (Lipinski definition) is 5. The van der Waals surface area contributed by atoms with Gasteiger partial charge in [0.05, 0.1) is 12.5 Å². The Morgan fingerprint density at radius 1 is 1.36 bits per heavy atom. The van der Waals surface area contributed by atoms with Crippen molar-refractivity contribution in [1.29, 1.82) is 0 Å². The molecular weight excluding hydrogens is 342 g/mol. The van der Waals surface area contributed by atoms with Crippen molar-refractivity contribution in [2.75, 3.05) is 13.1 Å². The third-order valence-electron chi connectivity index (χ3n) is 3.58. The second-order valence-corrected chi connectivity index (χ2v) is 6.25. The van der Waals surface area contributed by atoms with E-state index < -0.39 is 12.0 Å². The first-order valence-electron chi connectivity index (χ1n) is 8.02. The Labute approximate surface area is 151 Å². The third-order valence-corrected chi connectivity index (χ3v) is 3.91. The molecular formula is C17H21N3O4S.